The van der Waals surface area contributed by atoms with Gasteiger partial charge in [0.25, 0.3) is 5.91 Å². The molecule has 2 aliphatic heterocycles. The molecule has 0 unspecified atom stereocenters. The summed E-state index contributed by atoms with van der Waals surface area (Å²) in [6.45, 7) is 5.07. The van der Waals surface area contributed by atoms with Gasteiger partial charge in [0.1, 0.15) is 0 Å². The maximum absolute atomic E-state index is 12.6. The Morgan fingerprint density at radius 2 is 1.56 bits per heavy atom. The van der Waals surface area contributed by atoms with Crippen LogP contribution in [0.2, 0.25) is 0 Å². The topological polar surface area (TPSA) is 60.9 Å². The van der Waals surface area contributed by atoms with Crippen LogP contribution in [0, 0.1) is 0 Å². The highest BCUT2D eigenvalue weighted by Crippen LogP contribution is 2.13. The van der Waals surface area contributed by atoms with Crippen LogP contribution >= 0.6 is 0 Å². The predicted molar refractivity (Wildman–Crippen MR) is 103 cm³/mol. The van der Waals surface area contributed by atoms with Gasteiger partial charge < -0.3 is 14.7 Å². The summed E-state index contributed by atoms with van der Waals surface area (Å²) in [6, 6.07) is 7.74. The van der Waals surface area contributed by atoms with Crippen molar-refractivity contribution in [3.05, 3.63) is 35.4 Å². The maximum Gasteiger partial charge on any atom is 0.253 e. The van der Waals surface area contributed by atoms with E-state index < -0.39 is 0 Å². The van der Waals surface area contributed by atoms with Crippen LogP contribution in [0.25, 0.3) is 0 Å². The van der Waals surface area contributed by atoms with Crippen LogP contribution in [0.1, 0.15) is 48.5 Å². The van der Waals surface area contributed by atoms with Crippen LogP contribution in [-0.4, -0.2) is 71.7 Å². The molecule has 0 spiro atoms. The van der Waals surface area contributed by atoms with Gasteiger partial charge in [-0.3, -0.25) is 14.4 Å². The van der Waals surface area contributed by atoms with E-state index >= 15 is 0 Å². The number of hydrogen-bond acceptors (Lipinski definition) is 3. The van der Waals surface area contributed by atoms with E-state index in [1.54, 1.807) is 9.80 Å². The fraction of sp³-hybridized carbons (Fsp3) is 0.571. The van der Waals surface area contributed by atoms with Gasteiger partial charge in [0, 0.05) is 44.7 Å². The van der Waals surface area contributed by atoms with Crippen molar-refractivity contribution in [1.29, 1.82) is 0 Å². The van der Waals surface area contributed by atoms with Crippen molar-refractivity contribution in [2.75, 3.05) is 39.3 Å². The third kappa shape index (κ3) is 4.87. The van der Waals surface area contributed by atoms with Gasteiger partial charge in [-0.1, -0.05) is 25.5 Å². The average molecular weight is 371 g/mol. The summed E-state index contributed by atoms with van der Waals surface area (Å²) in [7, 11) is 0. The molecule has 0 radical (unpaired) electrons. The van der Waals surface area contributed by atoms with Crippen molar-refractivity contribution in [3.63, 3.8) is 0 Å². The average Bonchev–Trinajstić information content (AvgIpc) is 2.92. The molecule has 0 N–H and O–H groups in total. The summed E-state index contributed by atoms with van der Waals surface area (Å²) >= 11 is 0. The van der Waals surface area contributed by atoms with Gasteiger partial charge in [-0.2, -0.15) is 0 Å². The number of amides is 3. The lowest BCUT2D eigenvalue weighted by molar-refractivity contribution is -0.141. The van der Waals surface area contributed by atoms with Gasteiger partial charge in [0.2, 0.25) is 11.8 Å². The van der Waals surface area contributed by atoms with Crippen LogP contribution < -0.4 is 0 Å². The largest absolute Gasteiger partial charge is 0.338 e. The summed E-state index contributed by atoms with van der Waals surface area (Å²) in [5, 5.41) is 0. The molecule has 6 heteroatoms. The molecule has 0 bridgehead atoms. The number of piperazine rings is 1. The quantitative estimate of drug-likeness (QED) is 0.813. The number of benzene rings is 1. The first-order chi connectivity index (χ1) is 13.1. The van der Waals surface area contributed by atoms with E-state index in [4.69, 9.17) is 0 Å². The van der Waals surface area contributed by atoms with Gasteiger partial charge in [-0.05, 0) is 37.0 Å². The zero-order valence-electron chi connectivity index (χ0n) is 16.2. The lowest BCUT2D eigenvalue weighted by Crippen LogP contribution is -2.53. The van der Waals surface area contributed by atoms with E-state index in [1.165, 1.54) is 5.56 Å². The van der Waals surface area contributed by atoms with Crippen LogP contribution in [-0.2, 0) is 16.0 Å². The van der Waals surface area contributed by atoms with E-state index in [1.807, 2.05) is 29.2 Å². The number of carbonyl (C=O) groups is 3. The standard InChI is InChI=1S/C21H29N3O3/c1-2-17-7-9-18(10-8-17)21(27)23-14-12-22(13-15-23)20(26)16-24-11-5-3-4-6-19(24)25/h7-10H,2-6,11-16H2,1H3. The Kier molecular flexibility index (Phi) is 6.48. The Hall–Kier alpha value is -2.37. The highest BCUT2D eigenvalue weighted by Gasteiger charge is 2.27. The van der Waals surface area contributed by atoms with Crippen molar-refractivity contribution in [2.24, 2.45) is 0 Å². The minimum absolute atomic E-state index is 0.00959. The first kappa shape index (κ1) is 19.4. The van der Waals surface area contributed by atoms with Gasteiger partial charge in [0.05, 0.1) is 6.54 Å². The van der Waals surface area contributed by atoms with E-state index in [-0.39, 0.29) is 24.3 Å². The molecule has 0 aliphatic carbocycles. The minimum Gasteiger partial charge on any atom is -0.338 e. The van der Waals surface area contributed by atoms with Gasteiger partial charge >= 0.3 is 0 Å². The van der Waals surface area contributed by atoms with Crippen LogP contribution in [0.4, 0.5) is 0 Å². The summed E-state index contributed by atoms with van der Waals surface area (Å²) in [6.07, 6.45) is 4.44. The van der Waals surface area contributed by atoms with Crippen LogP contribution in [0.3, 0.4) is 0 Å². The second kappa shape index (κ2) is 9.02. The number of likely N-dealkylation sites (tertiary alicyclic amines) is 1. The molecular formula is C21H29N3O3. The lowest BCUT2D eigenvalue weighted by Gasteiger charge is -2.35. The Balaban J connectivity index is 1.50. The highest BCUT2D eigenvalue weighted by atomic mass is 16.2. The molecule has 1 aromatic rings. The molecule has 2 aliphatic rings. The van der Waals surface area contributed by atoms with E-state index in [9.17, 15) is 14.4 Å². The molecule has 0 aromatic heterocycles. The van der Waals surface area contributed by atoms with Crippen LogP contribution in [0.15, 0.2) is 24.3 Å². The smallest absolute Gasteiger partial charge is 0.253 e. The highest BCUT2D eigenvalue weighted by molar-refractivity contribution is 5.94. The molecule has 0 atom stereocenters. The Labute approximate surface area is 161 Å². The summed E-state index contributed by atoms with van der Waals surface area (Å²) in [5.41, 5.74) is 1.91. The predicted octanol–water partition coefficient (Wildman–Crippen LogP) is 1.94. The number of rotatable bonds is 4. The Morgan fingerprint density at radius 1 is 0.889 bits per heavy atom. The number of nitrogens with zero attached hydrogens (tertiary/aromatic N) is 3. The van der Waals surface area contributed by atoms with Crippen molar-refractivity contribution in [3.8, 4) is 0 Å². The summed E-state index contributed by atoms with van der Waals surface area (Å²) < 4.78 is 0. The van der Waals surface area contributed by atoms with Crippen molar-refractivity contribution in [2.45, 2.75) is 39.0 Å². The molecule has 2 fully saturated rings. The fourth-order valence-corrected chi connectivity index (χ4v) is 3.69. The normalized spacial score (nSPS) is 18.4. The molecule has 1 aromatic carbocycles. The molecule has 6 nitrogen and oxygen atoms in total. The SMILES string of the molecule is CCc1ccc(C(=O)N2CCN(C(=O)CN3CCCCCC3=O)CC2)cc1. The molecule has 146 valence electrons. The third-order valence-corrected chi connectivity index (χ3v) is 5.53. The molecule has 3 amide bonds. The second-order valence-corrected chi connectivity index (χ2v) is 7.35. The zero-order chi connectivity index (χ0) is 19.2. The maximum atomic E-state index is 12.6. The monoisotopic (exact) mass is 371 g/mol. The lowest BCUT2D eigenvalue weighted by atomic mass is 10.1. The minimum atomic E-state index is -0.00959. The van der Waals surface area contributed by atoms with Gasteiger partial charge in [-0.15, -0.1) is 0 Å². The Morgan fingerprint density at radius 3 is 2.22 bits per heavy atom. The summed E-state index contributed by atoms with van der Waals surface area (Å²) in [5.74, 6) is 0.0993. The number of aryl methyl sites for hydroxylation is 1. The first-order valence-electron chi connectivity index (χ1n) is 10.0. The van der Waals surface area contributed by atoms with Gasteiger partial charge in [0.15, 0.2) is 0 Å². The van der Waals surface area contributed by atoms with Crippen molar-refractivity contribution in [1.82, 2.24) is 14.7 Å². The Bertz CT molecular complexity index is 678. The van der Waals surface area contributed by atoms with Gasteiger partial charge in [-0.25, -0.2) is 0 Å². The molecule has 3 rings (SSSR count). The van der Waals surface area contributed by atoms with E-state index in [0.717, 1.165) is 25.7 Å². The van der Waals surface area contributed by atoms with E-state index in [2.05, 4.69) is 6.92 Å². The zero-order valence-corrected chi connectivity index (χ0v) is 16.2. The fourth-order valence-electron chi connectivity index (χ4n) is 3.69. The number of carbonyl (C=O) groups excluding carboxylic acids is 3. The number of hydrogen-bond donors (Lipinski definition) is 0. The molecule has 2 heterocycles. The first-order valence-corrected chi connectivity index (χ1v) is 10.0. The third-order valence-electron chi connectivity index (χ3n) is 5.53. The molecule has 0 saturated carbocycles. The summed E-state index contributed by atoms with van der Waals surface area (Å²) in [4.78, 5) is 42.6. The molecule has 27 heavy (non-hydrogen) atoms. The molecular weight excluding hydrogens is 342 g/mol. The molecule has 2 saturated heterocycles. The second-order valence-electron chi connectivity index (χ2n) is 7.35. The van der Waals surface area contributed by atoms with Crippen molar-refractivity contribution >= 4 is 17.7 Å². The van der Waals surface area contributed by atoms with Crippen molar-refractivity contribution < 1.29 is 14.4 Å². The van der Waals surface area contributed by atoms with E-state index in [0.29, 0.717) is 44.7 Å². The van der Waals surface area contributed by atoms with Crippen LogP contribution in [0.5, 0.6) is 0 Å².